The van der Waals surface area contributed by atoms with Crippen molar-refractivity contribution in [1.29, 1.82) is 0 Å². The molecule has 0 aliphatic carbocycles. The van der Waals surface area contributed by atoms with Crippen molar-refractivity contribution in [2.24, 2.45) is 0 Å². The van der Waals surface area contributed by atoms with Gasteiger partial charge in [-0.25, -0.2) is 0 Å². The quantitative estimate of drug-likeness (QED) is 0.598. The zero-order chi connectivity index (χ0) is 9.02. The maximum atomic E-state index is 10.2. The van der Waals surface area contributed by atoms with Gasteiger partial charge in [-0.15, -0.1) is 0 Å². The molecule has 2 unspecified atom stereocenters. The number of carbonyl (C=O) groups is 1. The summed E-state index contributed by atoms with van der Waals surface area (Å²) in [5.74, 6) is -0.875. The summed E-state index contributed by atoms with van der Waals surface area (Å²) in [6.07, 6.45) is -0.501. The van der Waals surface area contributed by atoms with Crippen LogP contribution in [0.1, 0.15) is 13.8 Å². The summed E-state index contributed by atoms with van der Waals surface area (Å²) in [7, 11) is 1.67. The van der Waals surface area contributed by atoms with Gasteiger partial charge in [0.25, 0.3) is 0 Å². The summed E-state index contributed by atoms with van der Waals surface area (Å²) < 4.78 is 0. The summed E-state index contributed by atoms with van der Waals surface area (Å²) in [6.45, 7) is 3.39. The van der Waals surface area contributed by atoms with Crippen LogP contribution < -0.4 is 0 Å². The van der Waals surface area contributed by atoms with Crippen LogP contribution in [0.5, 0.6) is 0 Å². The highest BCUT2D eigenvalue weighted by Crippen LogP contribution is 1.99. The van der Waals surface area contributed by atoms with Gasteiger partial charge < -0.3 is 10.2 Å². The van der Waals surface area contributed by atoms with Crippen LogP contribution in [0.25, 0.3) is 0 Å². The van der Waals surface area contributed by atoms with E-state index in [9.17, 15) is 4.79 Å². The second-order valence-electron chi connectivity index (χ2n) is 2.79. The summed E-state index contributed by atoms with van der Waals surface area (Å²) in [6, 6.07) is -0.119. The number of likely N-dealkylation sites (N-methyl/N-ethyl adjacent to an activating group) is 1. The molecule has 0 fully saturated rings. The first-order valence-corrected chi connectivity index (χ1v) is 3.55. The molecule has 4 heteroatoms. The first-order chi connectivity index (χ1) is 4.95. The van der Waals surface area contributed by atoms with E-state index in [-0.39, 0.29) is 12.6 Å². The Hall–Kier alpha value is -0.610. The molecular formula is C7H15NO3. The average molecular weight is 161 g/mol. The molecule has 0 heterocycles. The van der Waals surface area contributed by atoms with Crippen LogP contribution >= 0.6 is 0 Å². The Kier molecular flexibility index (Phi) is 4.07. The van der Waals surface area contributed by atoms with Gasteiger partial charge in [0.2, 0.25) is 0 Å². The zero-order valence-electron chi connectivity index (χ0n) is 7.11. The number of nitrogens with zero attached hydrogens (tertiary/aromatic N) is 1. The van der Waals surface area contributed by atoms with E-state index < -0.39 is 12.1 Å². The van der Waals surface area contributed by atoms with Gasteiger partial charge in [-0.3, -0.25) is 9.69 Å². The van der Waals surface area contributed by atoms with Gasteiger partial charge in [0, 0.05) is 6.04 Å². The van der Waals surface area contributed by atoms with Gasteiger partial charge in [0.1, 0.15) is 0 Å². The number of aliphatic carboxylic acids is 1. The molecular weight excluding hydrogens is 146 g/mol. The number of rotatable bonds is 4. The number of hydrogen-bond acceptors (Lipinski definition) is 3. The molecule has 0 aromatic rings. The fraction of sp³-hybridized carbons (Fsp3) is 0.857. The van der Waals surface area contributed by atoms with Gasteiger partial charge >= 0.3 is 5.97 Å². The Balaban J connectivity index is 3.82. The van der Waals surface area contributed by atoms with E-state index in [1.54, 1.807) is 25.8 Å². The van der Waals surface area contributed by atoms with Crippen LogP contribution in [0.3, 0.4) is 0 Å². The van der Waals surface area contributed by atoms with Crippen LogP contribution in [-0.4, -0.2) is 46.8 Å². The molecule has 66 valence electrons. The average Bonchev–Trinajstić information content (AvgIpc) is 1.84. The lowest BCUT2D eigenvalue weighted by atomic mass is 10.2. The Morgan fingerprint density at radius 3 is 2.27 bits per heavy atom. The molecule has 0 aromatic carbocycles. The van der Waals surface area contributed by atoms with E-state index >= 15 is 0 Å². The summed E-state index contributed by atoms with van der Waals surface area (Å²) in [5.41, 5.74) is 0. The largest absolute Gasteiger partial charge is 0.480 e. The predicted octanol–water partition coefficient (Wildman–Crippen LogP) is -0.228. The second kappa shape index (κ2) is 4.31. The van der Waals surface area contributed by atoms with Crippen molar-refractivity contribution in [2.45, 2.75) is 26.0 Å². The normalized spacial score (nSPS) is 16.5. The first-order valence-electron chi connectivity index (χ1n) is 3.55. The molecule has 0 amide bonds. The van der Waals surface area contributed by atoms with Gasteiger partial charge in [-0.05, 0) is 20.9 Å². The van der Waals surface area contributed by atoms with Crippen LogP contribution in [0.15, 0.2) is 0 Å². The summed E-state index contributed by atoms with van der Waals surface area (Å²) >= 11 is 0. The highest BCUT2D eigenvalue weighted by atomic mass is 16.4. The molecule has 0 aliphatic rings. The molecule has 0 saturated carbocycles. The second-order valence-corrected chi connectivity index (χ2v) is 2.79. The minimum atomic E-state index is -0.875. The van der Waals surface area contributed by atoms with Gasteiger partial charge in [0.05, 0.1) is 12.6 Å². The molecule has 2 N–H and O–H groups in total. The van der Waals surface area contributed by atoms with Crippen molar-refractivity contribution >= 4 is 5.97 Å². The van der Waals surface area contributed by atoms with Crippen LogP contribution in [0, 0.1) is 0 Å². The lowest BCUT2D eigenvalue weighted by Crippen LogP contribution is -2.40. The van der Waals surface area contributed by atoms with Gasteiger partial charge in [-0.1, -0.05) is 0 Å². The molecule has 0 radical (unpaired) electrons. The molecule has 2 atom stereocenters. The number of aliphatic hydroxyl groups excluding tert-OH is 1. The monoisotopic (exact) mass is 161 g/mol. The lowest BCUT2D eigenvalue weighted by molar-refractivity contribution is -0.138. The number of carboxylic acids is 1. The minimum absolute atomic E-state index is 0.0356. The third kappa shape index (κ3) is 3.95. The van der Waals surface area contributed by atoms with Crippen molar-refractivity contribution in [1.82, 2.24) is 4.90 Å². The summed E-state index contributed by atoms with van der Waals surface area (Å²) in [4.78, 5) is 11.8. The van der Waals surface area contributed by atoms with Crippen molar-refractivity contribution in [3.63, 3.8) is 0 Å². The highest BCUT2D eigenvalue weighted by Gasteiger charge is 2.16. The lowest BCUT2D eigenvalue weighted by Gasteiger charge is -2.24. The SMILES string of the molecule is CC(O)C(C)N(C)CC(=O)O. The molecule has 11 heavy (non-hydrogen) atoms. The molecule has 0 saturated heterocycles. The van der Waals surface area contributed by atoms with Crippen molar-refractivity contribution < 1.29 is 15.0 Å². The number of hydrogen-bond donors (Lipinski definition) is 2. The molecule has 0 aromatic heterocycles. The molecule has 0 bridgehead atoms. The highest BCUT2D eigenvalue weighted by molar-refractivity contribution is 5.69. The Labute approximate surface area is 66.4 Å². The van der Waals surface area contributed by atoms with Gasteiger partial charge in [-0.2, -0.15) is 0 Å². The van der Waals surface area contributed by atoms with E-state index in [0.29, 0.717) is 0 Å². The molecule has 0 spiro atoms. The Morgan fingerprint density at radius 1 is 1.55 bits per heavy atom. The van der Waals surface area contributed by atoms with E-state index in [4.69, 9.17) is 10.2 Å². The summed E-state index contributed by atoms with van der Waals surface area (Å²) in [5, 5.41) is 17.5. The topological polar surface area (TPSA) is 60.8 Å². The Morgan fingerprint density at radius 2 is 2.00 bits per heavy atom. The zero-order valence-corrected chi connectivity index (χ0v) is 7.11. The first kappa shape index (κ1) is 10.4. The van der Waals surface area contributed by atoms with Crippen LogP contribution in [0.4, 0.5) is 0 Å². The fourth-order valence-corrected chi connectivity index (χ4v) is 0.726. The van der Waals surface area contributed by atoms with E-state index in [1.807, 2.05) is 0 Å². The van der Waals surface area contributed by atoms with E-state index in [1.165, 1.54) is 0 Å². The van der Waals surface area contributed by atoms with Crippen molar-refractivity contribution in [3.05, 3.63) is 0 Å². The standard InChI is InChI=1S/C7H15NO3/c1-5(6(2)9)8(3)4-7(10)11/h5-6,9H,4H2,1-3H3,(H,10,11). The molecule has 0 aliphatic heterocycles. The minimum Gasteiger partial charge on any atom is -0.480 e. The molecule has 0 rings (SSSR count). The predicted molar refractivity (Wildman–Crippen MR) is 41.4 cm³/mol. The third-order valence-corrected chi connectivity index (χ3v) is 1.78. The van der Waals surface area contributed by atoms with Crippen LogP contribution in [0.2, 0.25) is 0 Å². The smallest absolute Gasteiger partial charge is 0.317 e. The van der Waals surface area contributed by atoms with Crippen molar-refractivity contribution in [2.75, 3.05) is 13.6 Å². The van der Waals surface area contributed by atoms with Gasteiger partial charge in [0.15, 0.2) is 0 Å². The fourth-order valence-electron chi connectivity index (χ4n) is 0.726. The number of aliphatic hydroxyl groups is 1. The maximum absolute atomic E-state index is 10.2. The number of carboxylic acid groups (broad SMARTS) is 1. The van der Waals surface area contributed by atoms with E-state index in [0.717, 1.165) is 0 Å². The third-order valence-electron chi connectivity index (χ3n) is 1.78. The van der Waals surface area contributed by atoms with E-state index in [2.05, 4.69) is 0 Å². The van der Waals surface area contributed by atoms with Crippen molar-refractivity contribution in [3.8, 4) is 0 Å². The Bertz CT molecular complexity index is 136. The maximum Gasteiger partial charge on any atom is 0.317 e. The molecule has 4 nitrogen and oxygen atoms in total. The van der Waals surface area contributed by atoms with Crippen LogP contribution in [-0.2, 0) is 4.79 Å².